The number of allylic oxidation sites excluding steroid dienone is 5. The molecule has 1 aromatic carbocycles. The maximum Gasteiger partial charge on any atom is 0 e. The normalized spacial score (nSPS) is 23.2. The van der Waals surface area contributed by atoms with Gasteiger partial charge in [0.15, 0.2) is 0 Å². The van der Waals surface area contributed by atoms with Crippen molar-refractivity contribution in [2.75, 3.05) is 0 Å². The largest absolute Gasteiger partial charge is 0.262 e. The summed E-state index contributed by atoms with van der Waals surface area (Å²) in [5.74, 6) is 0.401. The van der Waals surface area contributed by atoms with E-state index in [9.17, 15) is 0 Å². The molecule has 0 aliphatic heterocycles. The Labute approximate surface area is 135 Å². The molecule has 0 spiro atoms. The minimum Gasteiger partial charge on any atom is -0.262 e. The van der Waals surface area contributed by atoms with Gasteiger partial charge in [0, 0.05) is 26.2 Å². The second-order valence-electron chi connectivity index (χ2n) is 5.88. The summed E-state index contributed by atoms with van der Waals surface area (Å²) in [6.07, 6.45) is 8.25. The van der Waals surface area contributed by atoms with Crippen molar-refractivity contribution in [2.24, 2.45) is 5.41 Å². The van der Waals surface area contributed by atoms with E-state index in [-0.39, 0.29) is 31.6 Å². The standard InChI is InChI=1S/C18H19.Zr/c1-12-13(2)18(3,4)11-17(12)16-10-9-14-7-5-6-8-15(14)16;/h5-10,16H,1-4H3;/q-1;. The van der Waals surface area contributed by atoms with Gasteiger partial charge in [-0.1, -0.05) is 62.6 Å². The summed E-state index contributed by atoms with van der Waals surface area (Å²) in [5, 5.41) is 0. The van der Waals surface area contributed by atoms with Crippen LogP contribution in [0.4, 0.5) is 0 Å². The van der Waals surface area contributed by atoms with E-state index < -0.39 is 0 Å². The molecular formula is C18H19Zr-. The predicted molar refractivity (Wildman–Crippen MR) is 77.1 cm³/mol. The van der Waals surface area contributed by atoms with Gasteiger partial charge in [0.25, 0.3) is 0 Å². The van der Waals surface area contributed by atoms with Crippen LogP contribution in [0.3, 0.4) is 0 Å². The van der Waals surface area contributed by atoms with Gasteiger partial charge in [-0.3, -0.25) is 6.08 Å². The van der Waals surface area contributed by atoms with E-state index in [0.29, 0.717) is 5.92 Å². The van der Waals surface area contributed by atoms with Crippen LogP contribution in [-0.4, -0.2) is 0 Å². The summed E-state index contributed by atoms with van der Waals surface area (Å²) in [6, 6.07) is 8.67. The zero-order valence-corrected chi connectivity index (χ0v) is 14.5. The first kappa shape index (κ1) is 14.7. The molecule has 0 fully saturated rings. The van der Waals surface area contributed by atoms with Crippen LogP contribution in [0.15, 0.2) is 47.1 Å². The second kappa shape index (κ2) is 5.02. The van der Waals surface area contributed by atoms with Crippen LogP contribution >= 0.6 is 0 Å². The quantitative estimate of drug-likeness (QED) is 0.644. The number of hydrogen-bond acceptors (Lipinski definition) is 0. The van der Waals surface area contributed by atoms with Crippen LogP contribution in [0.5, 0.6) is 0 Å². The molecule has 3 rings (SSSR count). The minimum absolute atomic E-state index is 0. The van der Waals surface area contributed by atoms with Gasteiger partial charge < -0.3 is 0 Å². The van der Waals surface area contributed by atoms with Crippen molar-refractivity contribution in [3.8, 4) is 0 Å². The molecule has 2 aliphatic rings. The van der Waals surface area contributed by atoms with Crippen molar-refractivity contribution in [2.45, 2.75) is 33.6 Å². The van der Waals surface area contributed by atoms with E-state index in [1.54, 1.807) is 0 Å². The summed E-state index contributed by atoms with van der Waals surface area (Å²) in [4.78, 5) is 0. The summed E-state index contributed by atoms with van der Waals surface area (Å²) < 4.78 is 0. The Hall–Kier alpha value is -0.677. The predicted octanol–water partition coefficient (Wildman–Crippen LogP) is 4.90. The molecule has 0 N–H and O–H groups in total. The van der Waals surface area contributed by atoms with Crippen LogP contribution in [-0.2, 0) is 26.2 Å². The van der Waals surface area contributed by atoms with E-state index in [1.807, 2.05) is 0 Å². The molecular weight excluding hydrogens is 307 g/mol. The van der Waals surface area contributed by atoms with Crippen molar-refractivity contribution < 1.29 is 26.2 Å². The summed E-state index contributed by atoms with van der Waals surface area (Å²) in [7, 11) is 0. The molecule has 96 valence electrons. The Morgan fingerprint density at radius 1 is 1.11 bits per heavy atom. The van der Waals surface area contributed by atoms with E-state index in [0.717, 1.165) is 0 Å². The monoisotopic (exact) mass is 325 g/mol. The van der Waals surface area contributed by atoms with Crippen LogP contribution in [0.2, 0.25) is 0 Å². The number of benzene rings is 1. The van der Waals surface area contributed by atoms with Gasteiger partial charge >= 0.3 is 0 Å². The van der Waals surface area contributed by atoms with Crippen molar-refractivity contribution in [3.05, 3.63) is 64.3 Å². The fourth-order valence-electron chi connectivity index (χ4n) is 3.01. The Bertz CT molecular complexity index is 600. The fraction of sp³-hybridized carbons (Fsp3) is 0.333. The molecule has 0 heterocycles. The summed E-state index contributed by atoms with van der Waals surface area (Å²) in [5.41, 5.74) is 7.11. The first-order chi connectivity index (χ1) is 8.50. The van der Waals surface area contributed by atoms with Gasteiger partial charge in [0.2, 0.25) is 0 Å². The van der Waals surface area contributed by atoms with Crippen LogP contribution in [0.25, 0.3) is 6.08 Å². The SMILES string of the molecule is CC1=C(C)C(C)(C)[C-]=C1C1C=Cc2ccccc21.[Zr]. The van der Waals surface area contributed by atoms with Gasteiger partial charge in [-0.05, 0) is 17.0 Å². The molecule has 1 aromatic rings. The molecule has 0 saturated heterocycles. The van der Waals surface area contributed by atoms with Crippen LogP contribution in [0, 0.1) is 11.5 Å². The van der Waals surface area contributed by atoms with Gasteiger partial charge in [-0.15, -0.1) is 6.92 Å². The molecule has 19 heavy (non-hydrogen) atoms. The number of fused-ring (bicyclic) bond motifs is 1. The minimum atomic E-state index is 0. The topological polar surface area (TPSA) is 0 Å². The van der Waals surface area contributed by atoms with Crippen molar-refractivity contribution in [1.29, 1.82) is 0 Å². The maximum atomic E-state index is 3.70. The van der Waals surface area contributed by atoms with Gasteiger partial charge in [-0.2, -0.15) is 11.1 Å². The van der Waals surface area contributed by atoms with E-state index >= 15 is 0 Å². The molecule has 1 atom stereocenters. The average molecular weight is 327 g/mol. The molecule has 0 amide bonds. The molecule has 0 radical (unpaired) electrons. The molecule has 0 nitrogen and oxygen atoms in total. The zero-order chi connectivity index (χ0) is 12.9. The van der Waals surface area contributed by atoms with Crippen LogP contribution < -0.4 is 0 Å². The third-order valence-corrected chi connectivity index (χ3v) is 4.46. The van der Waals surface area contributed by atoms with Crippen LogP contribution in [0.1, 0.15) is 44.7 Å². The first-order valence-electron chi connectivity index (χ1n) is 6.61. The third kappa shape index (κ3) is 2.27. The third-order valence-electron chi connectivity index (χ3n) is 4.46. The smallest absolute Gasteiger partial charge is 0 e. The molecule has 2 aliphatic carbocycles. The molecule has 1 unspecified atom stereocenters. The second-order valence-corrected chi connectivity index (χ2v) is 5.88. The summed E-state index contributed by atoms with van der Waals surface area (Å²) >= 11 is 0. The number of hydrogen-bond donors (Lipinski definition) is 0. The van der Waals surface area contributed by atoms with Gasteiger partial charge in [0.05, 0.1) is 0 Å². The average Bonchev–Trinajstić information content (AvgIpc) is 2.85. The van der Waals surface area contributed by atoms with Crippen molar-refractivity contribution in [3.63, 3.8) is 0 Å². The molecule has 0 saturated carbocycles. The number of rotatable bonds is 1. The van der Waals surface area contributed by atoms with Crippen molar-refractivity contribution in [1.82, 2.24) is 0 Å². The van der Waals surface area contributed by atoms with Gasteiger partial charge in [0.1, 0.15) is 0 Å². The zero-order valence-electron chi connectivity index (χ0n) is 12.0. The first-order valence-corrected chi connectivity index (χ1v) is 6.61. The van der Waals surface area contributed by atoms with Gasteiger partial charge in [-0.25, -0.2) is 5.57 Å². The van der Waals surface area contributed by atoms with Crippen molar-refractivity contribution >= 4 is 6.08 Å². The van der Waals surface area contributed by atoms with E-state index in [1.165, 1.54) is 27.8 Å². The maximum absolute atomic E-state index is 3.70. The Morgan fingerprint density at radius 3 is 2.42 bits per heavy atom. The Kier molecular flexibility index (Phi) is 3.89. The van der Waals surface area contributed by atoms with E-state index in [4.69, 9.17) is 0 Å². The molecule has 0 aromatic heterocycles. The fourth-order valence-corrected chi connectivity index (χ4v) is 3.01. The molecule has 1 heteroatoms. The Morgan fingerprint density at radius 2 is 1.79 bits per heavy atom. The van der Waals surface area contributed by atoms with E-state index in [2.05, 4.69) is 70.2 Å². The summed E-state index contributed by atoms with van der Waals surface area (Å²) in [6.45, 7) is 8.98. The molecule has 0 bridgehead atoms. The Balaban J connectivity index is 0.00000133.